The predicted molar refractivity (Wildman–Crippen MR) is 69.1 cm³/mol. The maximum Gasteiger partial charge on any atom is 0.493 e. The van der Waals surface area contributed by atoms with Gasteiger partial charge in [-0.15, -0.1) is 0 Å². The van der Waals surface area contributed by atoms with E-state index in [9.17, 15) is 9.82 Å². The maximum absolute atomic E-state index is 11.5. The van der Waals surface area contributed by atoms with Gasteiger partial charge < -0.3 is 14.4 Å². The highest BCUT2D eigenvalue weighted by Crippen LogP contribution is 2.25. The highest BCUT2D eigenvalue weighted by atomic mass is 35.5. The molecular formula is C11H13BClNO4. The monoisotopic (exact) mass is 269 g/mol. The van der Waals surface area contributed by atoms with Crippen molar-refractivity contribution in [2.45, 2.75) is 26.6 Å². The van der Waals surface area contributed by atoms with E-state index >= 15 is 0 Å². The van der Waals surface area contributed by atoms with Gasteiger partial charge in [0.1, 0.15) is 0 Å². The van der Waals surface area contributed by atoms with Crippen molar-refractivity contribution in [3.05, 3.63) is 22.7 Å². The van der Waals surface area contributed by atoms with Crippen LogP contribution in [0, 0.1) is 0 Å². The van der Waals surface area contributed by atoms with Gasteiger partial charge in [-0.2, -0.15) is 0 Å². The average Bonchev–Trinajstić information content (AvgIpc) is 2.64. The number of hydrogen-bond donors (Lipinski definition) is 2. The number of nitrogens with one attached hydrogen (secondary N) is 1. The van der Waals surface area contributed by atoms with E-state index in [-0.39, 0.29) is 11.1 Å². The second kappa shape index (κ2) is 5.18. The summed E-state index contributed by atoms with van der Waals surface area (Å²) in [5.74, 6) is 0. The summed E-state index contributed by atoms with van der Waals surface area (Å²) in [5, 5.41) is 12.4. The van der Waals surface area contributed by atoms with E-state index in [1.807, 2.05) is 0 Å². The highest BCUT2D eigenvalue weighted by molar-refractivity contribution is 6.66. The Morgan fingerprint density at radius 1 is 1.61 bits per heavy atom. The Morgan fingerprint density at radius 2 is 2.33 bits per heavy atom. The van der Waals surface area contributed by atoms with Crippen LogP contribution in [0.25, 0.3) is 0 Å². The molecule has 0 bridgehead atoms. The zero-order valence-electron chi connectivity index (χ0n) is 10.1. The molecule has 0 saturated heterocycles. The molecule has 96 valence electrons. The molecule has 0 fully saturated rings. The standard InChI is InChI=1S/C11H13BClNO4/c1-6(2)18-11(15)14-8-4-3-7-5-17-12(16)9(7)10(8)13/h3-4,6,16H,5H2,1-2H3,(H,14,15). The predicted octanol–water partition coefficient (Wildman–Crippen LogP) is 1.51. The summed E-state index contributed by atoms with van der Waals surface area (Å²) in [4.78, 5) is 11.5. The van der Waals surface area contributed by atoms with Gasteiger partial charge in [0.15, 0.2) is 0 Å². The van der Waals surface area contributed by atoms with Crippen molar-refractivity contribution in [2.24, 2.45) is 0 Å². The number of anilines is 1. The van der Waals surface area contributed by atoms with Crippen molar-refractivity contribution >= 4 is 36.0 Å². The van der Waals surface area contributed by atoms with Crippen molar-refractivity contribution in [3.8, 4) is 0 Å². The smallest absolute Gasteiger partial charge is 0.447 e. The van der Waals surface area contributed by atoms with Gasteiger partial charge in [0.25, 0.3) is 0 Å². The number of halogens is 1. The van der Waals surface area contributed by atoms with Gasteiger partial charge in [-0.3, -0.25) is 5.32 Å². The van der Waals surface area contributed by atoms with Crippen LogP contribution in [-0.2, 0) is 16.0 Å². The van der Waals surface area contributed by atoms with Gasteiger partial charge in [-0.05, 0) is 25.5 Å². The Balaban J connectivity index is 2.20. The topological polar surface area (TPSA) is 67.8 Å². The van der Waals surface area contributed by atoms with E-state index in [2.05, 4.69) is 5.32 Å². The number of carbonyl (C=O) groups is 1. The first-order chi connectivity index (χ1) is 8.49. The number of carbonyl (C=O) groups excluding carboxylic acids is 1. The van der Waals surface area contributed by atoms with Crippen LogP contribution in [0.15, 0.2) is 12.1 Å². The van der Waals surface area contributed by atoms with Crippen LogP contribution in [0.4, 0.5) is 10.5 Å². The third kappa shape index (κ3) is 2.61. The molecule has 1 heterocycles. The van der Waals surface area contributed by atoms with E-state index in [1.54, 1.807) is 26.0 Å². The van der Waals surface area contributed by atoms with Crippen LogP contribution in [-0.4, -0.2) is 24.3 Å². The second-order valence-corrected chi connectivity index (χ2v) is 4.62. The van der Waals surface area contributed by atoms with Gasteiger partial charge in [-0.1, -0.05) is 17.7 Å². The van der Waals surface area contributed by atoms with Crippen molar-refractivity contribution in [2.75, 3.05) is 5.32 Å². The fourth-order valence-electron chi connectivity index (χ4n) is 1.73. The fourth-order valence-corrected chi connectivity index (χ4v) is 2.05. The molecule has 0 saturated carbocycles. The van der Waals surface area contributed by atoms with E-state index in [0.29, 0.717) is 17.8 Å². The number of fused-ring (bicyclic) bond motifs is 1. The second-order valence-electron chi connectivity index (χ2n) is 4.24. The zero-order valence-corrected chi connectivity index (χ0v) is 10.8. The molecule has 1 aromatic carbocycles. The molecule has 5 nitrogen and oxygen atoms in total. The summed E-state index contributed by atoms with van der Waals surface area (Å²) in [6, 6.07) is 3.41. The van der Waals surface area contributed by atoms with E-state index < -0.39 is 13.2 Å². The lowest BCUT2D eigenvalue weighted by Crippen LogP contribution is -2.30. The molecule has 0 aliphatic carbocycles. The molecule has 0 radical (unpaired) electrons. The van der Waals surface area contributed by atoms with Crippen LogP contribution in [0.1, 0.15) is 19.4 Å². The Morgan fingerprint density at radius 3 is 3.00 bits per heavy atom. The molecule has 2 N–H and O–H groups in total. The lowest BCUT2D eigenvalue weighted by atomic mass is 9.79. The molecule has 0 atom stereocenters. The Hall–Kier alpha value is -1.24. The number of amides is 1. The Bertz CT molecular complexity index is 480. The van der Waals surface area contributed by atoms with Gasteiger partial charge in [0.05, 0.1) is 23.4 Å². The molecular weight excluding hydrogens is 256 g/mol. The van der Waals surface area contributed by atoms with Gasteiger partial charge in [0, 0.05) is 5.46 Å². The van der Waals surface area contributed by atoms with E-state index in [1.165, 1.54) is 0 Å². The van der Waals surface area contributed by atoms with Crippen molar-refractivity contribution in [1.82, 2.24) is 0 Å². The summed E-state index contributed by atoms with van der Waals surface area (Å²) in [7, 11) is -1.05. The minimum atomic E-state index is -1.05. The molecule has 1 aromatic rings. The lowest BCUT2D eigenvalue weighted by Gasteiger charge is -2.12. The molecule has 0 spiro atoms. The molecule has 1 amide bonds. The van der Waals surface area contributed by atoms with Gasteiger partial charge in [-0.25, -0.2) is 4.79 Å². The largest absolute Gasteiger partial charge is 0.493 e. The van der Waals surface area contributed by atoms with Crippen LogP contribution in [0.3, 0.4) is 0 Å². The summed E-state index contributed by atoms with van der Waals surface area (Å²) < 4.78 is 10.0. The quantitative estimate of drug-likeness (QED) is 0.799. The summed E-state index contributed by atoms with van der Waals surface area (Å²) in [6.07, 6.45) is -0.799. The van der Waals surface area contributed by atoms with E-state index in [0.717, 1.165) is 5.56 Å². The minimum absolute atomic E-state index is 0.216. The van der Waals surface area contributed by atoms with Crippen LogP contribution >= 0.6 is 11.6 Å². The maximum atomic E-state index is 11.5. The number of benzene rings is 1. The van der Waals surface area contributed by atoms with Crippen LogP contribution < -0.4 is 10.8 Å². The summed E-state index contributed by atoms with van der Waals surface area (Å²) in [6.45, 7) is 3.82. The van der Waals surface area contributed by atoms with Crippen LogP contribution in [0.5, 0.6) is 0 Å². The van der Waals surface area contributed by atoms with Crippen molar-refractivity contribution in [3.63, 3.8) is 0 Å². The summed E-state index contributed by atoms with van der Waals surface area (Å²) >= 11 is 6.12. The molecule has 1 aliphatic rings. The fraction of sp³-hybridized carbons (Fsp3) is 0.364. The molecule has 18 heavy (non-hydrogen) atoms. The third-order valence-corrected chi connectivity index (χ3v) is 2.90. The van der Waals surface area contributed by atoms with E-state index in [4.69, 9.17) is 21.0 Å². The first kappa shape index (κ1) is 13.2. The normalized spacial score (nSPS) is 13.7. The zero-order chi connectivity index (χ0) is 13.3. The Labute approximate surface area is 110 Å². The number of ether oxygens (including phenoxy) is 1. The molecule has 2 rings (SSSR count). The van der Waals surface area contributed by atoms with Crippen LogP contribution in [0.2, 0.25) is 5.02 Å². The summed E-state index contributed by atoms with van der Waals surface area (Å²) in [5.41, 5.74) is 1.71. The van der Waals surface area contributed by atoms with Gasteiger partial charge in [0.2, 0.25) is 0 Å². The SMILES string of the molecule is CC(C)OC(=O)Nc1ccc2c(c1Cl)B(O)OC2. The highest BCUT2D eigenvalue weighted by Gasteiger charge is 2.31. The number of hydrogen-bond acceptors (Lipinski definition) is 4. The first-order valence-electron chi connectivity index (χ1n) is 5.57. The molecule has 0 unspecified atom stereocenters. The minimum Gasteiger partial charge on any atom is -0.447 e. The molecule has 7 heteroatoms. The van der Waals surface area contributed by atoms with Crippen molar-refractivity contribution < 1.29 is 19.2 Å². The van der Waals surface area contributed by atoms with Gasteiger partial charge >= 0.3 is 13.2 Å². The average molecular weight is 269 g/mol. The third-order valence-electron chi connectivity index (χ3n) is 2.49. The number of rotatable bonds is 2. The molecule has 0 aromatic heterocycles. The van der Waals surface area contributed by atoms with Crippen molar-refractivity contribution in [1.29, 1.82) is 0 Å². The first-order valence-corrected chi connectivity index (χ1v) is 5.95. The molecule has 1 aliphatic heterocycles. The lowest BCUT2D eigenvalue weighted by molar-refractivity contribution is 0.130. The Kier molecular flexibility index (Phi) is 3.80.